The smallest absolute Gasteiger partial charge is 0.243 e. The first-order valence-corrected chi connectivity index (χ1v) is 11.0. The van der Waals surface area contributed by atoms with Gasteiger partial charge in [0.25, 0.3) is 0 Å². The zero-order chi connectivity index (χ0) is 22.2. The van der Waals surface area contributed by atoms with Crippen molar-refractivity contribution in [2.24, 2.45) is 11.0 Å². The van der Waals surface area contributed by atoms with E-state index in [1.54, 1.807) is 18.2 Å². The van der Waals surface area contributed by atoms with Crippen molar-refractivity contribution in [3.05, 3.63) is 81.5 Å². The van der Waals surface area contributed by atoms with Crippen LogP contribution in [-0.2, 0) is 10.2 Å². The van der Waals surface area contributed by atoms with Gasteiger partial charge in [0, 0.05) is 11.5 Å². The molecule has 1 heterocycles. The lowest BCUT2D eigenvalue weighted by molar-refractivity contribution is -0.122. The van der Waals surface area contributed by atoms with E-state index < -0.39 is 0 Å². The Labute approximate surface area is 192 Å². The van der Waals surface area contributed by atoms with E-state index >= 15 is 0 Å². The van der Waals surface area contributed by atoms with E-state index in [0.29, 0.717) is 21.6 Å². The first kappa shape index (κ1) is 21.7. The summed E-state index contributed by atoms with van der Waals surface area (Å²) in [7, 11) is 0. The molecule has 1 fully saturated rings. The van der Waals surface area contributed by atoms with Crippen LogP contribution in [0.3, 0.4) is 0 Å². The molecule has 0 aliphatic heterocycles. The first-order valence-electron chi connectivity index (χ1n) is 10.2. The molecule has 3 aromatic rings. The first-order chi connectivity index (χ1) is 14.7. The molecule has 4 rings (SSSR count). The molecule has 160 valence electrons. The third kappa shape index (κ3) is 5.03. The molecule has 31 heavy (non-hydrogen) atoms. The van der Waals surface area contributed by atoms with Crippen molar-refractivity contribution in [1.82, 2.24) is 5.43 Å². The van der Waals surface area contributed by atoms with E-state index in [0.717, 1.165) is 12.0 Å². The van der Waals surface area contributed by atoms with Gasteiger partial charge in [-0.3, -0.25) is 4.79 Å². The summed E-state index contributed by atoms with van der Waals surface area (Å²) in [4.78, 5) is 12.4. The lowest BCUT2D eigenvalue weighted by Gasteiger charge is -2.19. The highest BCUT2D eigenvalue weighted by Gasteiger charge is 2.44. The number of benzene rings is 2. The second-order valence-corrected chi connectivity index (χ2v) is 9.70. The van der Waals surface area contributed by atoms with Crippen LogP contribution in [0.2, 0.25) is 10.0 Å². The number of carbonyl (C=O) groups is 1. The molecular weight excluding hydrogens is 431 g/mol. The molecule has 1 amide bonds. The van der Waals surface area contributed by atoms with Crippen LogP contribution in [0.4, 0.5) is 0 Å². The quantitative estimate of drug-likeness (QED) is 0.340. The molecule has 0 unspecified atom stereocenters. The molecule has 6 heteroatoms. The molecule has 1 saturated carbocycles. The summed E-state index contributed by atoms with van der Waals surface area (Å²) in [6.45, 7) is 6.58. The van der Waals surface area contributed by atoms with Crippen molar-refractivity contribution < 1.29 is 9.21 Å². The Morgan fingerprint density at radius 1 is 1.06 bits per heavy atom. The molecule has 0 saturated heterocycles. The maximum atomic E-state index is 12.4. The molecule has 1 aromatic heterocycles. The molecule has 2 atom stereocenters. The molecule has 0 radical (unpaired) electrons. The second kappa shape index (κ2) is 8.52. The Kier molecular flexibility index (Phi) is 5.96. The lowest BCUT2D eigenvalue weighted by atomic mass is 9.86. The third-order valence-corrected chi connectivity index (χ3v) is 6.27. The van der Waals surface area contributed by atoms with Crippen LogP contribution < -0.4 is 5.43 Å². The highest BCUT2D eigenvalue weighted by Crippen LogP contribution is 2.47. The Morgan fingerprint density at radius 3 is 2.48 bits per heavy atom. The summed E-state index contributed by atoms with van der Waals surface area (Å²) >= 11 is 12.0. The van der Waals surface area contributed by atoms with Crippen LogP contribution in [-0.4, -0.2) is 12.1 Å². The van der Waals surface area contributed by atoms with Gasteiger partial charge < -0.3 is 4.42 Å². The molecule has 2 aromatic carbocycles. The maximum Gasteiger partial charge on any atom is 0.243 e. The van der Waals surface area contributed by atoms with Crippen molar-refractivity contribution in [2.45, 2.75) is 38.5 Å². The van der Waals surface area contributed by atoms with Crippen LogP contribution in [0.15, 0.2) is 64.1 Å². The van der Waals surface area contributed by atoms with Gasteiger partial charge in [0.2, 0.25) is 5.91 Å². The number of carbonyl (C=O) groups excluding carboxylic acids is 1. The fourth-order valence-electron chi connectivity index (χ4n) is 3.55. The van der Waals surface area contributed by atoms with Gasteiger partial charge in [0.15, 0.2) is 0 Å². The summed E-state index contributed by atoms with van der Waals surface area (Å²) in [6.07, 6.45) is 2.34. The summed E-state index contributed by atoms with van der Waals surface area (Å²) in [5.74, 6) is 1.33. The number of amides is 1. The van der Waals surface area contributed by atoms with Gasteiger partial charge >= 0.3 is 0 Å². The number of rotatable bonds is 5. The van der Waals surface area contributed by atoms with Crippen molar-refractivity contribution >= 4 is 35.3 Å². The van der Waals surface area contributed by atoms with Gasteiger partial charge in [-0.1, -0.05) is 68.2 Å². The lowest BCUT2D eigenvalue weighted by Crippen LogP contribution is -2.20. The Morgan fingerprint density at radius 2 is 1.81 bits per heavy atom. The van der Waals surface area contributed by atoms with Gasteiger partial charge in [-0.2, -0.15) is 5.10 Å². The SMILES string of the molecule is CC(C)(C)c1ccc([C@@H]2C[C@@H]2C(=O)NN=Cc2ccc(-c3ccc(Cl)c(Cl)c3)o2)cc1. The standard InChI is InChI=1S/C25H24Cl2N2O2/c1-25(2,3)17-7-4-15(5-8-17)19-13-20(19)24(30)29-28-14-18-9-11-23(31-18)16-6-10-21(26)22(27)12-16/h4-12,14,19-20H,13H2,1-3H3,(H,29,30)/t19-,20-/m0/s1. The molecule has 0 bridgehead atoms. The Bertz CT molecular complexity index is 1130. The number of nitrogens with one attached hydrogen (secondary N) is 1. The summed E-state index contributed by atoms with van der Waals surface area (Å²) in [5, 5.41) is 5.00. The highest BCUT2D eigenvalue weighted by molar-refractivity contribution is 6.42. The summed E-state index contributed by atoms with van der Waals surface area (Å²) in [6, 6.07) is 17.5. The van der Waals surface area contributed by atoms with Crippen LogP contribution in [0, 0.1) is 5.92 Å². The molecule has 4 nitrogen and oxygen atoms in total. The van der Waals surface area contributed by atoms with Crippen LogP contribution in [0.25, 0.3) is 11.3 Å². The number of furan rings is 1. The van der Waals surface area contributed by atoms with Crippen LogP contribution in [0.1, 0.15) is 50.0 Å². The predicted molar refractivity (Wildman–Crippen MR) is 126 cm³/mol. The number of hydrogen-bond acceptors (Lipinski definition) is 3. The van der Waals surface area contributed by atoms with E-state index in [1.165, 1.54) is 17.3 Å². The van der Waals surface area contributed by atoms with Crippen molar-refractivity contribution in [3.8, 4) is 11.3 Å². The van der Waals surface area contributed by atoms with E-state index in [1.807, 2.05) is 12.1 Å². The average Bonchev–Trinajstić information content (AvgIpc) is 3.40. The minimum atomic E-state index is -0.0718. The summed E-state index contributed by atoms with van der Waals surface area (Å²) < 4.78 is 5.75. The Balaban J connectivity index is 1.32. The highest BCUT2D eigenvalue weighted by atomic mass is 35.5. The Hall–Kier alpha value is -2.56. The minimum absolute atomic E-state index is 0.0407. The minimum Gasteiger partial charge on any atom is -0.455 e. The number of hydrogen-bond donors (Lipinski definition) is 1. The number of hydrazone groups is 1. The van der Waals surface area contributed by atoms with E-state index in [9.17, 15) is 4.79 Å². The number of halogens is 2. The number of nitrogens with zero attached hydrogens (tertiary/aromatic N) is 1. The van der Waals surface area contributed by atoms with Gasteiger partial charge in [-0.05, 0) is 59.2 Å². The van der Waals surface area contributed by atoms with Gasteiger partial charge in [-0.15, -0.1) is 0 Å². The molecular formula is C25H24Cl2N2O2. The molecule has 1 aliphatic carbocycles. The van der Waals surface area contributed by atoms with Crippen LogP contribution in [0.5, 0.6) is 0 Å². The van der Waals surface area contributed by atoms with Crippen molar-refractivity contribution in [1.29, 1.82) is 0 Å². The topological polar surface area (TPSA) is 54.6 Å². The largest absolute Gasteiger partial charge is 0.455 e. The zero-order valence-corrected chi connectivity index (χ0v) is 19.2. The maximum absolute atomic E-state index is 12.4. The second-order valence-electron chi connectivity index (χ2n) is 8.89. The molecule has 1 aliphatic rings. The van der Waals surface area contributed by atoms with Crippen molar-refractivity contribution in [3.63, 3.8) is 0 Å². The van der Waals surface area contributed by atoms with Gasteiger partial charge in [0.1, 0.15) is 11.5 Å². The van der Waals surface area contributed by atoms with Crippen molar-refractivity contribution in [2.75, 3.05) is 0 Å². The molecule has 0 spiro atoms. The van der Waals surface area contributed by atoms with Gasteiger partial charge in [-0.25, -0.2) is 5.43 Å². The normalized spacial score (nSPS) is 18.4. The zero-order valence-electron chi connectivity index (χ0n) is 17.7. The van der Waals surface area contributed by atoms with E-state index in [2.05, 4.69) is 55.6 Å². The fraction of sp³-hybridized carbons (Fsp3) is 0.280. The summed E-state index contributed by atoms with van der Waals surface area (Å²) in [5.41, 5.74) is 6.06. The van der Waals surface area contributed by atoms with Crippen LogP contribution >= 0.6 is 23.2 Å². The molecule has 1 N–H and O–H groups in total. The average molecular weight is 455 g/mol. The predicted octanol–water partition coefficient (Wildman–Crippen LogP) is 6.80. The van der Waals surface area contributed by atoms with Gasteiger partial charge in [0.05, 0.1) is 16.3 Å². The third-order valence-electron chi connectivity index (χ3n) is 5.53. The monoisotopic (exact) mass is 454 g/mol. The fourth-order valence-corrected chi connectivity index (χ4v) is 3.85. The van der Waals surface area contributed by atoms with E-state index in [-0.39, 0.29) is 23.2 Å². The van der Waals surface area contributed by atoms with E-state index in [4.69, 9.17) is 27.6 Å².